The zero-order chi connectivity index (χ0) is 17.8. The van der Waals surface area contributed by atoms with Crippen molar-refractivity contribution in [1.29, 1.82) is 0 Å². The summed E-state index contributed by atoms with van der Waals surface area (Å²) in [5, 5.41) is 3.07. The highest BCUT2D eigenvalue weighted by atomic mass is 19.1. The average Bonchev–Trinajstić information content (AvgIpc) is 2.70. The Morgan fingerprint density at radius 1 is 0.808 bits per heavy atom. The van der Waals surface area contributed by atoms with Crippen LogP contribution in [0, 0.1) is 5.82 Å². The van der Waals surface area contributed by atoms with Crippen LogP contribution in [0.5, 0.6) is 0 Å². The van der Waals surface area contributed by atoms with Crippen molar-refractivity contribution in [1.82, 2.24) is 24.9 Å². The summed E-state index contributed by atoms with van der Waals surface area (Å²) in [6.07, 6.45) is 6.65. The number of nitrogens with zero attached hydrogens (tertiary/aromatic N) is 5. The van der Waals surface area contributed by atoms with Crippen molar-refractivity contribution >= 4 is 11.8 Å². The Balaban J connectivity index is 1.80. The monoisotopic (exact) mass is 344 g/mol. The van der Waals surface area contributed by atoms with Crippen LogP contribution in [0.3, 0.4) is 0 Å². The Bertz CT molecular complexity index is 1010. The lowest BCUT2D eigenvalue weighted by molar-refractivity contribution is 0.628. The maximum Gasteiger partial charge on any atom is 0.228 e. The molecule has 26 heavy (non-hydrogen) atoms. The summed E-state index contributed by atoms with van der Waals surface area (Å²) < 4.78 is 13.2. The molecule has 1 N–H and O–H groups in total. The van der Waals surface area contributed by atoms with E-state index in [0.29, 0.717) is 23.3 Å². The van der Waals surface area contributed by atoms with E-state index in [-0.39, 0.29) is 5.82 Å². The molecule has 0 aliphatic carbocycles. The van der Waals surface area contributed by atoms with Gasteiger partial charge in [-0.25, -0.2) is 24.3 Å². The van der Waals surface area contributed by atoms with Crippen LogP contribution in [0.2, 0.25) is 0 Å². The fourth-order valence-corrected chi connectivity index (χ4v) is 2.38. The largest absolute Gasteiger partial charge is 0.309 e. The van der Waals surface area contributed by atoms with E-state index in [2.05, 4.69) is 30.2 Å². The van der Waals surface area contributed by atoms with Gasteiger partial charge in [-0.05, 0) is 42.5 Å². The third-order valence-corrected chi connectivity index (χ3v) is 3.59. The molecule has 3 aromatic heterocycles. The number of anilines is 2. The zero-order valence-electron chi connectivity index (χ0n) is 13.5. The fraction of sp³-hybridized carbons (Fsp3) is 0. The minimum absolute atomic E-state index is 0.300. The SMILES string of the molecule is Fc1ccc(-c2cc(Nc3ncccn3)nc(-c3cccnc3)n2)cc1. The van der Waals surface area contributed by atoms with Crippen molar-refractivity contribution < 1.29 is 4.39 Å². The Kier molecular flexibility index (Phi) is 4.26. The third-order valence-electron chi connectivity index (χ3n) is 3.59. The highest BCUT2D eigenvalue weighted by molar-refractivity contribution is 5.68. The molecule has 6 nitrogen and oxygen atoms in total. The second-order valence-electron chi connectivity index (χ2n) is 5.41. The number of aromatic nitrogens is 5. The highest BCUT2D eigenvalue weighted by Gasteiger charge is 2.10. The van der Waals surface area contributed by atoms with Gasteiger partial charge in [0.05, 0.1) is 5.69 Å². The van der Waals surface area contributed by atoms with E-state index in [0.717, 1.165) is 11.1 Å². The molecule has 0 amide bonds. The van der Waals surface area contributed by atoms with Crippen molar-refractivity contribution in [2.24, 2.45) is 0 Å². The maximum atomic E-state index is 13.2. The summed E-state index contributed by atoms with van der Waals surface area (Å²) in [5.41, 5.74) is 2.20. The van der Waals surface area contributed by atoms with E-state index in [1.807, 2.05) is 12.1 Å². The van der Waals surface area contributed by atoms with Crippen LogP contribution in [0.4, 0.5) is 16.2 Å². The fourth-order valence-electron chi connectivity index (χ4n) is 2.38. The van der Waals surface area contributed by atoms with Crippen molar-refractivity contribution in [2.75, 3.05) is 5.32 Å². The van der Waals surface area contributed by atoms with E-state index in [9.17, 15) is 4.39 Å². The van der Waals surface area contributed by atoms with Gasteiger partial charge in [-0.3, -0.25) is 4.98 Å². The molecule has 0 atom stereocenters. The molecule has 0 aliphatic heterocycles. The number of benzene rings is 1. The highest BCUT2D eigenvalue weighted by Crippen LogP contribution is 2.25. The van der Waals surface area contributed by atoms with Crippen molar-refractivity contribution in [2.45, 2.75) is 0 Å². The molecular weight excluding hydrogens is 331 g/mol. The van der Waals surface area contributed by atoms with Crippen LogP contribution in [0.25, 0.3) is 22.6 Å². The van der Waals surface area contributed by atoms with Gasteiger partial charge >= 0.3 is 0 Å². The molecule has 0 saturated carbocycles. The molecule has 4 aromatic rings. The molecule has 0 spiro atoms. The number of rotatable bonds is 4. The van der Waals surface area contributed by atoms with Crippen molar-refractivity contribution in [3.8, 4) is 22.6 Å². The molecule has 0 aliphatic rings. The average molecular weight is 344 g/mol. The van der Waals surface area contributed by atoms with E-state index in [4.69, 9.17) is 0 Å². The maximum absolute atomic E-state index is 13.2. The molecule has 126 valence electrons. The summed E-state index contributed by atoms with van der Waals surface area (Å²) in [5.74, 6) is 1.16. The first-order chi connectivity index (χ1) is 12.8. The Hall–Kier alpha value is -3.74. The molecule has 1 aromatic carbocycles. The van der Waals surface area contributed by atoms with Crippen LogP contribution < -0.4 is 5.32 Å². The second kappa shape index (κ2) is 7.02. The van der Waals surface area contributed by atoms with Gasteiger partial charge < -0.3 is 5.32 Å². The molecule has 3 heterocycles. The number of hydrogen-bond acceptors (Lipinski definition) is 6. The summed E-state index contributed by atoms with van der Waals surface area (Å²) in [4.78, 5) is 21.5. The van der Waals surface area contributed by atoms with E-state index in [1.54, 1.807) is 49.1 Å². The topological polar surface area (TPSA) is 76.5 Å². The Morgan fingerprint density at radius 2 is 1.62 bits per heavy atom. The van der Waals surface area contributed by atoms with Crippen LogP contribution in [-0.2, 0) is 0 Å². The van der Waals surface area contributed by atoms with E-state index >= 15 is 0 Å². The minimum atomic E-state index is -0.300. The van der Waals surface area contributed by atoms with Gasteiger partial charge in [-0.15, -0.1) is 0 Å². The quantitative estimate of drug-likeness (QED) is 0.605. The first-order valence-electron chi connectivity index (χ1n) is 7.87. The standard InChI is InChI=1S/C19H13FN6/c20-15-6-4-13(5-7-15)16-11-17(26-19-22-9-2-10-23-19)25-18(24-16)14-3-1-8-21-12-14/h1-12H,(H,22,23,24,25,26). The molecule has 0 fully saturated rings. The molecule has 0 saturated heterocycles. The van der Waals surface area contributed by atoms with Crippen LogP contribution >= 0.6 is 0 Å². The minimum Gasteiger partial charge on any atom is -0.309 e. The lowest BCUT2D eigenvalue weighted by atomic mass is 10.1. The first-order valence-corrected chi connectivity index (χ1v) is 7.87. The summed E-state index contributed by atoms with van der Waals surface area (Å²) in [7, 11) is 0. The number of nitrogens with one attached hydrogen (secondary N) is 1. The molecule has 7 heteroatoms. The van der Waals surface area contributed by atoms with E-state index in [1.165, 1.54) is 12.1 Å². The van der Waals surface area contributed by atoms with E-state index < -0.39 is 0 Å². The van der Waals surface area contributed by atoms with Gasteiger partial charge in [0.25, 0.3) is 0 Å². The normalized spacial score (nSPS) is 10.5. The van der Waals surface area contributed by atoms with Gasteiger partial charge in [0.2, 0.25) is 5.95 Å². The van der Waals surface area contributed by atoms with Gasteiger partial charge in [0, 0.05) is 42.0 Å². The molecule has 4 rings (SSSR count). The summed E-state index contributed by atoms with van der Waals surface area (Å²) in [6.45, 7) is 0. The van der Waals surface area contributed by atoms with Crippen LogP contribution in [0.15, 0.2) is 73.3 Å². The third kappa shape index (κ3) is 3.51. The van der Waals surface area contributed by atoms with Gasteiger partial charge in [-0.2, -0.15) is 0 Å². The summed E-state index contributed by atoms with van der Waals surface area (Å²) in [6, 6.07) is 13.3. The van der Waals surface area contributed by atoms with Gasteiger partial charge in [0.15, 0.2) is 5.82 Å². The van der Waals surface area contributed by atoms with Crippen molar-refractivity contribution in [3.05, 3.63) is 79.1 Å². The van der Waals surface area contributed by atoms with Gasteiger partial charge in [0.1, 0.15) is 11.6 Å². The van der Waals surface area contributed by atoms with Crippen molar-refractivity contribution in [3.63, 3.8) is 0 Å². The van der Waals surface area contributed by atoms with Crippen LogP contribution in [-0.4, -0.2) is 24.9 Å². The second-order valence-corrected chi connectivity index (χ2v) is 5.41. The lowest BCUT2D eigenvalue weighted by Gasteiger charge is -2.09. The predicted octanol–water partition coefficient (Wildman–Crippen LogP) is 3.88. The molecule has 0 unspecified atom stereocenters. The smallest absolute Gasteiger partial charge is 0.228 e. The summed E-state index contributed by atoms with van der Waals surface area (Å²) >= 11 is 0. The first kappa shape index (κ1) is 15.8. The van der Waals surface area contributed by atoms with Crippen LogP contribution in [0.1, 0.15) is 0 Å². The lowest BCUT2D eigenvalue weighted by Crippen LogP contribution is -2.02. The molecule has 0 bridgehead atoms. The van der Waals surface area contributed by atoms with Gasteiger partial charge in [-0.1, -0.05) is 0 Å². The number of hydrogen-bond donors (Lipinski definition) is 1. The molecular formula is C19H13FN6. The predicted molar refractivity (Wildman–Crippen MR) is 96.0 cm³/mol. The zero-order valence-corrected chi connectivity index (χ0v) is 13.5. The number of pyridine rings is 1. The Morgan fingerprint density at radius 3 is 2.35 bits per heavy atom. The molecule has 0 radical (unpaired) electrons. The number of halogens is 1. The Labute approximate surface area is 148 Å².